The van der Waals surface area contributed by atoms with Gasteiger partial charge in [-0.2, -0.15) is 17.0 Å². The molecule has 0 spiro atoms. The first-order valence-electron chi connectivity index (χ1n) is 18.9. The van der Waals surface area contributed by atoms with Crippen molar-refractivity contribution in [3.8, 4) is 17.6 Å². The fraction of sp³-hybridized carbons (Fsp3) is 0.512. The number of carbonyl (C=O) groups is 3. The number of likely N-dealkylation sites (N-methyl/N-ethyl adjacent to an activating group) is 1. The van der Waals surface area contributed by atoms with Crippen molar-refractivity contribution >= 4 is 29.8 Å². The minimum atomic E-state index is -1.08. The largest absolute Gasteiger partial charge is 0.493 e. The van der Waals surface area contributed by atoms with Crippen molar-refractivity contribution in [1.82, 2.24) is 15.1 Å². The van der Waals surface area contributed by atoms with Crippen LogP contribution >= 0.6 is 11.8 Å². The predicted octanol–water partition coefficient (Wildman–Crippen LogP) is 3.89. The number of alkyl carbamates (subject to hydrolysis) is 1. The second kappa shape index (κ2) is 15.8. The summed E-state index contributed by atoms with van der Waals surface area (Å²) in [6.07, 6.45) is -1.01. The van der Waals surface area contributed by atoms with Crippen LogP contribution in [0.3, 0.4) is 0 Å². The van der Waals surface area contributed by atoms with Gasteiger partial charge in [0.05, 0.1) is 25.3 Å². The highest BCUT2D eigenvalue weighted by Crippen LogP contribution is 2.59. The topological polar surface area (TPSA) is 167 Å². The first kappa shape index (κ1) is 38.9. The van der Waals surface area contributed by atoms with Gasteiger partial charge >= 0.3 is 18.0 Å². The van der Waals surface area contributed by atoms with Gasteiger partial charge in [0.1, 0.15) is 31.4 Å². The van der Waals surface area contributed by atoms with Gasteiger partial charge in [0.15, 0.2) is 29.8 Å². The van der Waals surface area contributed by atoms with Crippen molar-refractivity contribution in [2.24, 2.45) is 5.92 Å². The standard InChI is InChI=1S/C41H46N4O11S/c1-20-12-24-13-26-27(14-42)45-28-16-51-40(47)25(43-41(48)52-15-23-10-8-7-9-11-23)17-57-39(31-30(28)38-36(54-19-55-38)21(2)35(31)56-22(3)46)33(45)32(44(26)4)29(24)37(34(20)50-6)53-18-49-5/h7-12,25-28,31-33,35,39H,13,15-19H2,1-6H3,(H,43,48)/t25?,26-,27?,28-,31?,32+,33?,35?,39+/m0/s1. The molecule has 9 rings (SSSR count). The summed E-state index contributed by atoms with van der Waals surface area (Å²) in [5.74, 6) is 0.560. The quantitative estimate of drug-likeness (QED) is 0.232. The minimum Gasteiger partial charge on any atom is -0.493 e. The second-order valence-electron chi connectivity index (χ2n) is 15.0. The lowest BCUT2D eigenvalue weighted by Gasteiger charge is -2.64. The van der Waals surface area contributed by atoms with Crippen molar-refractivity contribution in [1.29, 1.82) is 5.26 Å². The maximum absolute atomic E-state index is 13.9. The highest BCUT2D eigenvalue weighted by molar-refractivity contribution is 8.00. The van der Waals surface area contributed by atoms with Crippen molar-refractivity contribution in [2.45, 2.75) is 81.4 Å². The van der Waals surface area contributed by atoms with Crippen LogP contribution in [0.25, 0.3) is 0 Å². The van der Waals surface area contributed by atoms with E-state index in [1.807, 2.05) is 51.2 Å². The van der Waals surface area contributed by atoms with Gasteiger partial charge in [0.2, 0.25) is 6.79 Å². The van der Waals surface area contributed by atoms with Gasteiger partial charge in [-0.1, -0.05) is 36.4 Å². The molecule has 5 fully saturated rings. The number of hydrogen-bond donors (Lipinski definition) is 1. The summed E-state index contributed by atoms with van der Waals surface area (Å²) in [5, 5.41) is 13.4. The van der Waals surface area contributed by atoms with Crippen LogP contribution in [0.1, 0.15) is 42.1 Å². The van der Waals surface area contributed by atoms with E-state index in [2.05, 4.69) is 27.3 Å². The summed E-state index contributed by atoms with van der Waals surface area (Å²) in [6.45, 7) is 4.98. The van der Waals surface area contributed by atoms with Gasteiger partial charge in [-0.25, -0.2) is 9.59 Å². The third-order valence-electron chi connectivity index (χ3n) is 11.9. The minimum absolute atomic E-state index is 0.0168. The maximum Gasteiger partial charge on any atom is 0.408 e. The SMILES string of the molecule is COCOc1c(OC)c(C)cc2c1[C@@H]1C3[C@@H]4SCC(NC(=O)OCc5ccccc5)C(=O)OC[C@@H](C5=C6OCOC6=C(C)C(OC(C)=O)C54)N3C(C#N)[C@H](C2)N1C. The van der Waals surface area contributed by atoms with E-state index < -0.39 is 65.5 Å². The molecule has 5 saturated heterocycles. The number of nitriles is 1. The second-order valence-corrected chi connectivity index (χ2v) is 16.2. The summed E-state index contributed by atoms with van der Waals surface area (Å²) in [5.41, 5.74) is 5.06. The Kier molecular flexibility index (Phi) is 10.8. The molecule has 2 aromatic carbocycles. The fourth-order valence-corrected chi connectivity index (χ4v) is 11.3. The number of piperidine rings is 1. The number of nitrogens with one attached hydrogen (secondary N) is 1. The molecular weight excluding hydrogens is 757 g/mol. The predicted molar refractivity (Wildman–Crippen MR) is 204 cm³/mol. The number of aryl methyl sites for hydroxylation is 1. The molecule has 2 aromatic rings. The van der Waals surface area contributed by atoms with Crippen LogP contribution in [0.15, 0.2) is 59.1 Å². The zero-order chi connectivity index (χ0) is 40.1. The van der Waals surface area contributed by atoms with Crippen LogP contribution in [0.5, 0.6) is 11.5 Å². The molecule has 6 aliphatic heterocycles. The molecule has 57 heavy (non-hydrogen) atoms. The van der Waals surface area contributed by atoms with Gasteiger partial charge in [-0.15, -0.1) is 0 Å². The van der Waals surface area contributed by atoms with E-state index in [4.69, 9.17) is 37.9 Å². The molecule has 6 heterocycles. The van der Waals surface area contributed by atoms with Crippen molar-refractivity contribution in [2.75, 3.05) is 47.2 Å². The Morgan fingerprint density at radius 3 is 2.58 bits per heavy atom. The molecule has 302 valence electrons. The molecule has 0 aromatic heterocycles. The van der Waals surface area contributed by atoms with E-state index in [1.165, 1.54) is 18.7 Å². The van der Waals surface area contributed by atoms with Crippen LogP contribution in [-0.4, -0.2) is 117 Å². The average molecular weight is 803 g/mol. The summed E-state index contributed by atoms with van der Waals surface area (Å²) >= 11 is 1.45. The molecule has 1 N–H and O–H groups in total. The molecular formula is C41H46N4O11S. The van der Waals surface area contributed by atoms with Gasteiger partial charge in [-0.05, 0) is 44.0 Å². The molecule has 9 atom stereocenters. The van der Waals surface area contributed by atoms with Crippen LogP contribution < -0.4 is 14.8 Å². The molecule has 5 unspecified atom stereocenters. The Bertz CT molecular complexity index is 2050. The Morgan fingerprint density at radius 1 is 1.09 bits per heavy atom. The lowest BCUT2D eigenvalue weighted by Crippen LogP contribution is -2.75. The zero-order valence-corrected chi connectivity index (χ0v) is 33.5. The lowest BCUT2D eigenvalue weighted by molar-refractivity contribution is -0.154. The van der Waals surface area contributed by atoms with Crippen LogP contribution in [0.2, 0.25) is 0 Å². The highest BCUT2D eigenvalue weighted by Gasteiger charge is 2.64. The van der Waals surface area contributed by atoms with Gasteiger partial charge in [0.25, 0.3) is 0 Å². The Hall–Kier alpha value is -4.95. The maximum atomic E-state index is 13.9. The first-order valence-corrected chi connectivity index (χ1v) is 20.0. The number of benzene rings is 2. The number of piperazine rings is 1. The molecule has 7 aliphatic rings. The lowest BCUT2D eigenvalue weighted by atomic mass is 9.66. The fourth-order valence-electron chi connectivity index (χ4n) is 9.69. The number of ether oxygens (including phenoxy) is 8. The highest BCUT2D eigenvalue weighted by atomic mass is 32.2. The number of carbonyl (C=O) groups excluding carboxylic acids is 3. The monoisotopic (exact) mass is 802 g/mol. The average Bonchev–Trinajstić information content (AvgIpc) is 3.69. The number of rotatable bonds is 8. The number of esters is 2. The molecule has 0 saturated carbocycles. The molecule has 1 aliphatic carbocycles. The van der Waals surface area contributed by atoms with Gasteiger partial charge < -0.3 is 43.2 Å². The molecule has 4 bridgehead atoms. The number of methoxy groups -OCH3 is 2. The molecule has 0 radical (unpaired) electrons. The summed E-state index contributed by atoms with van der Waals surface area (Å²) in [7, 11) is 5.19. The zero-order valence-electron chi connectivity index (χ0n) is 32.6. The van der Waals surface area contributed by atoms with E-state index in [0.717, 1.165) is 27.8 Å². The van der Waals surface area contributed by atoms with Gasteiger partial charge in [-0.3, -0.25) is 14.6 Å². The van der Waals surface area contributed by atoms with Crippen molar-refractivity contribution in [3.63, 3.8) is 0 Å². The summed E-state index contributed by atoms with van der Waals surface area (Å²) < 4.78 is 47.9. The van der Waals surface area contributed by atoms with Crippen molar-refractivity contribution < 1.29 is 52.3 Å². The van der Waals surface area contributed by atoms with E-state index in [1.54, 1.807) is 14.2 Å². The number of thioether (sulfide) groups is 1. The van der Waals surface area contributed by atoms with Crippen LogP contribution in [-0.2, 0) is 51.0 Å². The number of fused-ring (bicyclic) bond motifs is 10. The smallest absolute Gasteiger partial charge is 0.408 e. The molecule has 1 amide bonds. The first-order chi connectivity index (χ1) is 27.6. The third-order valence-corrected chi connectivity index (χ3v) is 13.4. The van der Waals surface area contributed by atoms with Gasteiger partial charge in [0, 0.05) is 59.7 Å². The van der Waals surface area contributed by atoms with Crippen LogP contribution in [0, 0.1) is 24.2 Å². The summed E-state index contributed by atoms with van der Waals surface area (Å²) in [6, 6.07) is 10.4. The van der Waals surface area contributed by atoms with E-state index in [9.17, 15) is 19.6 Å². The van der Waals surface area contributed by atoms with E-state index >= 15 is 0 Å². The summed E-state index contributed by atoms with van der Waals surface area (Å²) in [4.78, 5) is 44.5. The van der Waals surface area contributed by atoms with E-state index in [0.29, 0.717) is 35.0 Å². The van der Waals surface area contributed by atoms with E-state index in [-0.39, 0.29) is 38.6 Å². The number of nitrogens with zero attached hydrogens (tertiary/aromatic N) is 3. The van der Waals surface area contributed by atoms with Crippen LogP contribution in [0.4, 0.5) is 4.79 Å². The Morgan fingerprint density at radius 2 is 1.86 bits per heavy atom. The Balaban J connectivity index is 1.28. The number of hydrogen-bond acceptors (Lipinski definition) is 15. The Labute approximate surface area is 335 Å². The molecule has 16 heteroatoms. The number of amides is 1. The van der Waals surface area contributed by atoms with Crippen molar-refractivity contribution in [3.05, 3.63) is 81.3 Å². The molecule has 15 nitrogen and oxygen atoms in total. The third kappa shape index (κ3) is 6.64. The normalized spacial score (nSPS) is 30.3.